The fourth-order valence-electron chi connectivity index (χ4n) is 2.97. The molecule has 0 aliphatic carbocycles. The Hall–Kier alpha value is -1.47. The molecule has 2 aliphatic rings. The minimum absolute atomic E-state index is 0.00889. The van der Waals surface area contributed by atoms with Crippen LogP contribution in [0.1, 0.15) is 24.8 Å². The first-order valence-electron chi connectivity index (χ1n) is 8.69. The molecule has 2 heterocycles. The van der Waals surface area contributed by atoms with Gasteiger partial charge < -0.3 is 14.8 Å². The lowest BCUT2D eigenvalue weighted by atomic mass is 10.1. The molecule has 3 unspecified atom stereocenters. The van der Waals surface area contributed by atoms with Crippen LogP contribution in [0.5, 0.6) is 0 Å². The third-order valence-corrected chi connectivity index (χ3v) is 4.48. The molecule has 2 N–H and O–H groups in total. The predicted octanol–water partition coefficient (Wildman–Crippen LogP) is 1.41. The highest BCUT2D eigenvalue weighted by Gasteiger charge is 2.31. The van der Waals surface area contributed by atoms with E-state index in [1.54, 1.807) is 0 Å². The lowest BCUT2D eigenvalue weighted by Crippen LogP contribution is -2.42. The first kappa shape index (κ1) is 17.4. The molecule has 24 heavy (non-hydrogen) atoms. The van der Waals surface area contributed by atoms with Gasteiger partial charge in [-0.15, -0.1) is 0 Å². The van der Waals surface area contributed by atoms with Crippen LogP contribution in [0.4, 0.5) is 0 Å². The van der Waals surface area contributed by atoms with Crippen LogP contribution >= 0.6 is 0 Å². The van der Waals surface area contributed by atoms with Gasteiger partial charge in [-0.05, 0) is 18.4 Å². The minimum Gasteiger partial charge on any atom is -0.381 e. The van der Waals surface area contributed by atoms with Crippen LogP contribution in [0, 0.1) is 5.92 Å². The van der Waals surface area contributed by atoms with Crippen molar-refractivity contribution in [3.8, 4) is 0 Å². The van der Waals surface area contributed by atoms with Crippen molar-refractivity contribution < 1.29 is 19.1 Å². The third-order valence-electron chi connectivity index (χ3n) is 4.48. The van der Waals surface area contributed by atoms with Gasteiger partial charge in [-0.25, -0.2) is 0 Å². The number of nitrogens with one attached hydrogen (secondary N) is 2. The lowest BCUT2D eigenvalue weighted by molar-refractivity contribution is -0.124. The maximum atomic E-state index is 12.1. The maximum absolute atomic E-state index is 12.1. The van der Waals surface area contributed by atoms with Gasteiger partial charge in [0.1, 0.15) is 6.04 Å². The number of amides is 1. The second-order valence-electron chi connectivity index (χ2n) is 6.45. The second-order valence-corrected chi connectivity index (χ2v) is 6.45. The van der Waals surface area contributed by atoms with Crippen molar-refractivity contribution in [3.05, 3.63) is 35.9 Å². The van der Waals surface area contributed by atoms with Crippen LogP contribution < -0.4 is 10.8 Å². The topological polar surface area (TPSA) is 68.8 Å². The average molecular weight is 334 g/mol. The van der Waals surface area contributed by atoms with E-state index in [-0.39, 0.29) is 18.1 Å². The number of hydroxylamine groups is 1. The number of benzene rings is 1. The monoisotopic (exact) mass is 334 g/mol. The molecule has 6 nitrogen and oxygen atoms in total. The van der Waals surface area contributed by atoms with E-state index in [0.29, 0.717) is 32.1 Å². The van der Waals surface area contributed by atoms with Crippen molar-refractivity contribution in [3.63, 3.8) is 0 Å². The molecule has 0 saturated carbocycles. The number of rotatable bonds is 8. The molecule has 1 aromatic rings. The summed E-state index contributed by atoms with van der Waals surface area (Å²) >= 11 is 0. The van der Waals surface area contributed by atoms with E-state index in [4.69, 9.17) is 14.3 Å². The molecule has 0 radical (unpaired) electrons. The molecule has 2 saturated heterocycles. The molecule has 132 valence electrons. The summed E-state index contributed by atoms with van der Waals surface area (Å²) in [6.45, 7) is 3.46. The van der Waals surface area contributed by atoms with Crippen molar-refractivity contribution in [1.29, 1.82) is 0 Å². The zero-order chi connectivity index (χ0) is 16.6. The summed E-state index contributed by atoms with van der Waals surface area (Å²) in [6, 6.07) is 9.82. The summed E-state index contributed by atoms with van der Waals surface area (Å²) in [5.41, 5.74) is 4.00. The first-order valence-corrected chi connectivity index (χ1v) is 8.69. The van der Waals surface area contributed by atoms with Gasteiger partial charge in [0.2, 0.25) is 5.91 Å². The number of ether oxygens (including phenoxy) is 2. The second kappa shape index (κ2) is 9.13. The molecular formula is C18H26N2O4. The van der Waals surface area contributed by atoms with Crippen molar-refractivity contribution in [2.24, 2.45) is 5.92 Å². The maximum Gasteiger partial charge on any atom is 0.239 e. The Balaban J connectivity index is 1.28. The number of hydrogen-bond acceptors (Lipinski definition) is 5. The van der Waals surface area contributed by atoms with Crippen LogP contribution in [0.25, 0.3) is 0 Å². The molecule has 2 fully saturated rings. The SMILES string of the molecule is O=C(NCC1CCOC1)C1CC(CCOCc2ccccc2)ON1. The van der Waals surface area contributed by atoms with E-state index in [1.807, 2.05) is 30.3 Å². The lowest BCUT2D eigenvalue weighted by Gasteiger charge is -2.12. The van der Waals surface area contributed by atoms with Crippen LogP contribution in [0.2, 0.25) is 0 Å². The van der Waals surface area contributed by atoms with Gasteiger partial charge in [0.05, 0.1) is 19.3 Å². The summed E-state index contributed by atoms with van der Waals surface area (Å²) in [4.78, 5) is 17.6. The normalized spacial score (nSPS) is 26.6. The first-order chi connectivity index (χ1) is 11.8. The molecule has 3 atom stereocenters. The highest BCUT2D eigenvalue weighted by molar-refractivity contribution is 5.81. The Morgan fingerprint density at radius 2 is 2.21 bits per heavy atom. The van der Waals surface area contributed by atoms with Gasteiger partial charge in [-0.3, -0.25) is 9.63 Å². The average Bonchev–Trinajstić information content (AvgIpc) is 3.29. The Kier molecular flexibility index (Phi) is 6.60. The fraction of sp³-hybridized carbons (Fsp3) is 0.611. The molecule has 0 spiro atoms. The molecule has 6 heteroatoms. The van der Waals surface area contributed by atoms with Gasteiger partial charge >= 0.3 is 0 Å². The molecule has 1 amide bonds. The molecular weight excluding hydrogens is 308 g/mol. The molecule has 2 aliphatic heterocycles. The van der Waals surface area contributed by atoms with Crippen molar-refractivity contribution in [2.45, 2.75) is 38.0 Å². The summed E-state index contributed by atoms with van der Waals surface area (Å²) in [5.74, 6) is 0.452. The van der Waals surface area contributed by atoms with E-state index in [9.17, 15) is 4.79 Å². The Morgan fingerprint density at radius 3 is 3.00 bits per heavy atom. The smallest absolute Gasteiger partial charge is 0.239 e. The number of carbonyl (C=O) groups is 1. The Bertz CT molecular complexity index is 505. The van der Waals surface area contributed by atoms with Crippen molar-refractivity contribution in [2.75, 3.05) is 26.4 Å². The van der Waals surface area contributed by atoms with Gasteiger partial charge in [-0.2, -0.15) is 5.48 Å². The fourth-order valence-corrected chi connectivity index (χ4v) is 2.97. The van der Waals surface area contributed by atoms with Crippen LogP contribution in [-0.4, -0.2) is 44.4 Å². The van der Waals surface area contributed by atoms with E-state index < -0.39 is 0 Å². The minimum atomic E-state index is -0.272. The zero-order valence-electron chi connectivity index (χ0n) is 13.9. The van der Waals surface area contributed by atoms with Crippen LogP contribution in [0.3, 0.4) is 0 Å². The third kappa shape index (κ3) is 5.27. The summed E-state index contributed by atoms with van der Waals surface area (Å²) in [6.07, 6.45) is 2.50. The number of carbonyl (C=O) groups excluding carboxylic acids is 1. The standard InChI is InChI=1S/C18H26N2O4/c21-18(19-11-15-6-8-22-13-15)17-10-16(24-20-17)7-9-23-12-14-4-2-1-3-5-14/h1-5,15-17,20H,6-13H2,(H,19,21). The number of hydrogen-bond donors (Lipinski definition) is 2. The van der Waals surface area contributed by atoms with E-state index in [2.05, 4.69) is 10.8 Å². The van der Waals surface area contributed by atoms with Gasteiger partial charge in [0, 0.05) is 32.1 Å². The summed E-state index contributed by atoms with van der Waals surface area (Å²) < 4.78 is 11.0. The molecule has 0 bridgehead atoms. The quantitative estimate of drug-likeness (QED) is 0.704. The Labute approximate surface area is 142 Å². The van der Waals surface area contributed by atoms with Gasteiger partial charge in [0.25, 0.3) is 0 Å². The van der Waals surface area contributed by atoms with E-state index in [0.717, 1.165) is 31.6 Å². The summed E-state index contributed by atoms with van der Waals surface area (Å²) in [7, 11) is 0. The largest absolute Gasteiger partial charge is 0.381 e. The predicted molar refractivity (Wildman–Crippen MR) is 89.1 cm³/mol. The molecule has 1 aromatic carbocycles. The Morgan fingerprint density at radius 1 is 1.33 bits per heavy atom. The van der Waals surface area contributed by atoms with Crippen molar-refractivity contribution in [1.82, 2.24) is 10.8 Å². The molecule has 3 rings (SSSR count). The van der Waals surface area contributed by atoms with E-state index >= 15 is 0 Å². The zero-order valence-corrected chi connectivity index (χ0v) is 13.9. The van der Waals surface area contributed by atoms with Crippen LogP contribution in [0.15, 0.2) is 30.3 Å². The molecule has 0 aromatic heterocycles. The van der Waals surface area contributed by atoms with Crippen molar-refractivity contribution >= 4 is 5.91 Å². The van der Waals surface area contributed by atoms with Gasteiger partial charge in [-0.1, -0.05) is 30.3 Å². The highest BCUT2D eigenvalue weighted by Crippen LogP contribution is 2.15. The summed E-state index contributed by atoms with van der Waals surface area (Å²) in [5, 5.41) is 2.98. The van der Waals surface area contributed by atoms with E-state index in [1.165, 1.54) is 0 Å². The van der Waals surface area contributed by atoms with Crippen LogP contribution in [-0.2, 0) is 25.7 Å². The highest BCUT2D eigenvalue weighted by atomic mass is 16.7. The van der Waals surface area contributed by atoms with Gasteiger partial charge in [0.15, 0.2) is 0 Å².